The van der Waals surface area contributed by atoms with Crippen molar-refractivity contribution < 1.29 is 39.5 Å². The van der Waals surface area contributed by atoms with Crippen LogP contribution in [0.15, 0.2) is 22.8 Å². The highest BCUT2D eigenvalue weighted by Gasteiger charge is 2.64. The molecule has 0 fully saturated rings. The molecular weight excluding hydrogens is 328 g/mol. The summed E-state index contributed by atoms with van der Waals surface area (Å²) in [5, 5.41) is 2.74. The van der Waals surface area contributed by atoms with Gasteiger partial charge in [-0.3, -0.25) is 4.68 Å². The van der Waals surface area contributed by atoms with Crippen LogP contribution < -0.4 is 0 Å². The fourth-order valence-corrected chi connectivity index (χ4v) is 1.84. The molecule has 2 heterocycles. The number of alkyl halides is 8. The Morgan fingerprint density at radius 3 is 2.05 bits per heavy atom. The first-order valence-corrected chi connectivity index (χ1v) is 5.50. The van der Waals surface area contributed by atoms with Crippen LogP contribution in [0.3, 0.4) is 0 Å². The molecule has 2 aromatic rings. The van der Waals surface area contributed by atoms with E-state index in [4.69, 9.17) is 0 Å². The summed E-state index contributed by atoms with van der Waals surface area (Å²) in [4.78, 5) is 0. The molecule has 3 nitrogen and oxygen atoms in total. The van der Waals surface area contributed by atoms with Gasteiger partial charge < -0.3 is 4.42 Å². The number of rotatable bonds is 2. The van der Waals surface area contributed by atoms with Gasteiger partial charge >= 0.3 is 18.3 Å². The van der Waals surface area contributed by atoms with Crippen LogP contribution in [0, 0.1) is 0 Å². The Hall–Kier alpha value is -2.07. The lowest BCUT2D eigenvalue weighted by Gasteiger charge is -2.19. The molecule has 0 unspecified atom stereocenters. The second-order valence-electron chi connectivity index (χ2n) is 4.24. The second kappa shape index (κ2) is 4.71. The Morgan fingerprint density at radius 2 is 1.64 bits per heavy atom. The number of furan rings is 1. The van der Waals surface area contributed by atoms with Crippen molar-refractivity contribution in [1.82, 2.24) is 9.78 Å². The van der Waals surface area contributed by atoms with Crippen molar-refractivity contribution >= 4 is 0 Å². The maximum absolute atomic E-state index is 13.4. The van der Waals surface area contributed by atoms with E-state index < -0.39 is 41.0 Å². The third-order valence-electron chi connectivity index (χ3n) is 2.74. The summed E-state index contributed by atoms with van der Waals surface area (Å²) in [6.45, 7) is 0. The first-order chi connectivity index (χ1) is 9.87. The van der Waals surface area contributed by atoms with Gasteiger partial charge in [0.25, 0.3) is 0 Å². The minimum Gasteiger partial charge on any atom is -0.463 e. The van der Waals surface area contributed by atoms with Gasteiger partial charge in [0.1, 0.15) is 11.3 Å². The van der Waals surface area contributed by atoms with Crippen molar-refractivity contribution in [3.63, 3.8) is 0 Å². The molecule has 0 bridgehead atoms. The molecular formula is C11H6F8N2O. The molecule has 0 aliphatic carbocycles. The Bertz CT molecular complexity index is 666. The molecule has 0 spiro atoms. The summed E-state index contributed by atoms with van der Waals surface area (Å²) < 4.78 is 108. The minimum absolute atomic E-state index is 0.274. The van der Waals surface area contributed by atoms with Crippen LogP contribution in [0.1, 0.15) is 11.3 Å². The van der Waals surface area contributed by atoms with Crippen LogP contribution in [-0.4, -0.2) is 16.0 Å². The van der Waals surface area contributed by atoms with Crippen molar-refractivity contribution in [2.75, 3.05) is 0 Å². The summed E-state index contributed by atoms with van der Waals surface area (Å²) in [6, 6.07) is 2.14. The Labute approximate surface area is 117 Å². The maximum Gasteiger partial charge on any atom is 0.459 e. The van der Waals surface area contributed by atoms with Crippen LogP contribution in [-0.2, 0) is 19.1 Å². The molecule has 0 aromatic carbocycles. The monoisotopic (exact) mass is 334 g/mol. The summed E-state index contributed by atoms with van der Waals surface area (Å²) in [5.41, 5.74) is -5.62. The van der Waals surface area contributed by atoms with Gasteiger partial charge in [-0.25, -0.2) is 0 Å². The average Bonchev–Trinajstić information content (AvgIpc) is 2.92. The Morgan fingerprint density at radius 1 is 1.05 bits per heavy atom. The number of hydrogen-bond donors (Lipinski definition) is 0. The number of hydrogen-bond acceptors (Lipinski definition) is 2. The molecule has 0 atom stereocenters. The molecule has 0 aliphatic heterocycles. The standard InChI is InChI=1S/C11H6F8N2O/c1-21-7(5-3-2-4-22-5)6(10(14,15)16)8(20-21)9(12,13)11(17,18)19/h2-4H,1H3. The molecule has 2 aromatic heterocycles. The lowest BCUT2D eigenvalue weighted by Crippen LogP contribution is -2.36. The van der Waals surface area contributed by atoms with Gasteiger partial charge in [-0.05, 0) is 12.1 Å². The predicted molar refractivity (Wildman–Crippen MR) is 55.9 cm³/mol. The molecule has 0 N–H and O–H groups in total. The zero-order valence-corrected chi connectivity index (χ0v) is 10.6. The third-order valence-corrected chi connectivity index (χ3v) is 2.74. The fourth-order valence-electron chi connectivity index (χ4n) is 1.84. The van der Waals surface area contributed by atoms with Crippen molar-refractivity contribution in [2.24, 2.45) is 7.05 Å². The van der Waals surface area contributed by atoms with Gasteiger partial charge in [-0.2, -0.15) is 40.2 Å². The zero-order valence-electron chi connectivity index (χ0n) is 10.6. The van der Waals surface area contributed by atoms with Crippen LogP contribution in [0.25, 0.3) is 11.5 Å². The Kier molecular flexibility index (Phi) is 3.49. The maximum atomic E-state index is 13.4. The van der Waals surface area contributed by atoms with E-state index in [0.717, 1.165) is 25.4 Å². The highest BCUT2D eigenvalue weighted by molar-refractivity contribution is 5.61. The van der Waals surface area contributed by atoms with Crippen molar-refractivity contribution in [3.8, 4) is 11.5 Å². The summed E-state index contributed by atoms with van der Waals surface area (Å²) in [7, 11) is 0.809. The summed E-state index contributed by atoms with van der Waals surface area (Å²) in [6.07, 6.45) is -10.8. The van der Waals surface area contributed by atoms with Crippen molar-refractivity contribution in [1.29, 1.82) is 0 Å². The molecule has 0 saturated carbocycles. The van der Waals surface area contributed by atoms with E-state index in [0.29, 0.717) is 0 Å². The van der Waals surface area contributed by atoms with E-state index >= 15 is 0 Å². The van der Waals surface area contributed by atoms with Gasteiger partial charge in [0.2, 0.25) is 0 Å². The molecule has 0 amide bonds. The quantitative estimate of drug-likeness (QED) is 0.765. The fraction of sp³-hybridized carbons (Fsp3) is 0.364. The van der Waals surface area contributed by atoms with E-state index in [1.54, 1.807) is 0 Å². The highest BCUT2D eigenvalue weighted by Crippen LogP contribution is 2.50. The molecule has 2 rings (SSSR count). The van der Waals surface area contributed by atoms with Crippen LogP contribution in [0.4, 0.5) is 35.1 Å². The van der Waals surface area contributed by atoms with E-state index in [2.05, 4.69) is 9.52 Å². The number of halogens is 8. The normalized spacial score (nSPS) is 13.7. The molecule has 11 heteroatoms. The SMILES string of the molecule is Cn1nc(C(F)(F)C(F)(F)F)c(C(F)(F)F)c1-c1ccco1. The molecule has 0 aliphatic rings. The third kappa shape index (κ3) is 2.44. The van der Waals surface area contributed by atoms with Gasteiger partial charge in [0.05, 0.1) is 6.26 Å². The lowest BCUT2D eigenvalue weighted by atomic mass is 10.1. The smallest absolute Gasteiger partial charge is 0.459 e. The highest BCUT2D eigenvalue weighted by atomic mass is 19.4. The summed E-state index contributed by atoms with van der Waals surface area (Å²) >= 11 is 0. The molecule has 0 radical (unpaired) electrons. The zero-order chi connectivity index (χ0) is 16.9. The molecule has 22 heavy (non-hydrogen) atoms. The number of aromatic nitrogens is 2. The lowest BCUT2D eigenvalue weighted by molar-refractivity contribution is -0.292. The predicted octanol–water partition coefficient (Wildman–Crippen LogP) is 4.35. The molecule has 0 saturated heterocycles. The topological polar surface area (TPSA) is 31.0 Å². The van der Waals surface area contributed by atoms with Crippen LogP contribution in [0.5, 0.6) is 0 Å². The average molecular weight is 334 g/mol. The van der Waals surface area contributed by atoms with Gasteiger partial charge in [-0.1, -0.05) is 0 Å². The van der Waals surface area contributed by atoms with E-state index in [1.807, 2.05) is 0 Å². The summed E-state index contributed by atoms with van der Waals surface area (Å²) in [5.74, 6) is -6.30. The molecule has 122 valence electrons. The minimum atomic E-state index is -6.22. The van der Waals surface area contributed by atoms with E-state index in [9.17, 15) is 35.1 Å². The first kappa shape index (κ1) is 16.3. The van der Waals surface area contributed by atoms with E-state index in [1.165, 1.54) is 0 Å². The van der Waals surface area contributed by atoms with Crippen LogP contribution in [0.2, 0.25) is 0 Å². The van der Waals surface area contributed by atoms with Gasteiger partial charge in [0, 0.05) is 7.05 Å². The van der Waals surface area contributed by atoms with Crippen LogP contribution >= 0.6 is 0 Å². The van der Waals surface area contributed by atoms with Gasteiger partial charge in [0.15, 0.2) is 11.5 Å². The number of nitrogens with zero attached hydrogens (tertiary/aromatic N) is 2. The van der Waals surface area contributed by atoms with Gasteiger partial charge in [-0.15, -0.1) is 0 Å². The van der Waals surface area contributed by atoms with E-state index in [-0.39, 0.29) is 4.68 Å². The van der Waals surface area contributed by atoms with Crippen molar-refractivity contribution in [2.45, 2.75) is 18.3 Å². The van der Waals surface area contributed by atoms with Crippen molar-refractivity contribution in [3.05, 3.63) is 29.7 Å². The first-order valence-electron chi connectivity index (χ1n) is 5.50. The number of aryl methyl sites for hydroxylation is 1. The second-order valence-corrected chi connectivity index (χ2v) is 4.24. The largest absolute Gasteiger partial charge is 0.463 e. The Balaban J connectivity index is 2.81.